The Bertz CT molecular complexity index is 284. The van der Waals surface area contributed by atoms with Crippen LogP contribution in [0.25, 0.3) is 0 Å². The fourth-order valence-electron chi connectivity index (χ4n) is 1.38. The van der Waals surface area contributed by atoms with E-state index >= 15 is 0 Å². The Morgan fingerprint density at radius 3 is 2.57 bits per heavy atom. The molecule has 0 bridgehead atoms. The third-order valence-electron chi connectivity index (χ3n) is 2.19. The number of halogens is 1. The van der Waals surface area contributed by atoms with Crippen LogP contribution in [0.3, 0.4) is 0 Å². The molecule has 1 rings (SSSR count). The zero-order chi connectivity index (χ0) is 10.2. The topological polar surface area (TPSA) is 0 Å². The zero-order valence-electron chi connectivity index (χ0n) is 8.25. The van der Waals surface area contributed by atoms with Gasteiger partial charge in [0.25, 0.3) is 0 Å². The van der Waals surface area contributed by atoms with Gasteiger partial charge in [0.2, 0.25) is 0 Å². The second-order valence-electron chi connectivity index (χ2n) is 3.33. The maximum absolute atomic E-state index is 5.19. The van der Waals surface area contributed by atoms with Gasteiger partial charge in [0.05, 0.1) is 0 Å². The van der Waals surface area contributed by atoms with E-state index in [1.165, 1.54) is 12.0 Å². The Labute approximate surface area is 94.9 Å². The molecule has 0 spiro atoms. The molecule has 0 aliphatic rings. The van der Waals surface area contributed by atoms with E-state index in [1.54, 1.807) is 0 Å². The zero-order valence-corrected chi connectivity index (χ0v) is 9.83. The molecule has 1 heteroatoms. The highest BCUT2D eigenvalue weighted by Crippen LogP contribution is 2.27. The molecule has 1 aromatic rings. The lowest BCUT2D eigenvalue weighted by molar-refractivity contribution is 0.689. The summed E-state index contributed by atoms with van der Waals surface area (Å²) in [5.74, 6) is 2.67. The van der Waals surface area contributed by atoms with Crippen LogP contribution in [0.1, 0.15) is 36.1 Å². The minimum atomic E-state index is 0.474. The van der Waals surface area contributed by atoms with E-state index in [0.717, 1.165) is 19.3 Å². The lowest BCUT2D eigenvalue weighted by Crippen LogP contribution is -1.89. The molecule has 0 saturated carbocycles. The minimum absolute atomic E-state index is 0.474. The molecule has 14 heavy (non-hydrogen) atoms. The van der Waals surface area contributed by atoms with E-state index in [0.29, 0.717) is 4.83 Å². The van der Waals surface area contributed by atoms with Crippen LogP contribution in [0.4, 0.5) is 0 Å². The predicted octanol–water partition coefficient (Wildman–Crippen LogP) is 4.32. The van der Waals surface area contributed by atoms with Crippen molar-refractivity contribution in [2.45, 2.75) is 30.5 Å². The first-order chi connectivity index (χ1) is 6.84. The lowest BCUT2D eigenvalue weighted by atomic mass is 10.1. The molecule has 0 heterocycles. The van der Waals surface area contributed by atoms with Crippen molar-refractivity contribution in [3.05, 3.63) is 35.9 Å². The number of benzene rings is 1. The standard InChI is InChI=1S/C13H15Br/c1-2-3-4-8-11-13(14)12-9-6-5-7-10-12/h1,5-7,9-10,13H,3-4,8,11H2. The molecule has 1 unspecified atom stereocenters. The van der Waals surface area contributed by atoms with E-state index in [2.05, 4.69) is 46.1 Å². The third kappa shape index (κ3) is 3.98. The number of terminal acetylenes is 1. The Kier molecular flexibility index (Phi) is 5.40. The average molecular weight is 251 g/mol. The van der Waals surface area contributed by atoms with E-state index in [-0.39, 0.29) is 0 Å². The highest BCUT2D eigenvalue weighted by Gasteiger charge is 2.05. The van der Waals surface area contributed by atoms with Gasteiger partial charge in [0.1, 0.15) is 0 Å². The van der Waals surface area contributed by atoms with Crippen molar-refractivity contribution >= 4 is 15.9 Å². The number of unbranched alkanes of at least 4 members (excludes halogenated alkanes) is 2. The van der Waals surface area contributed by atoms with Gasteiger partial charge in [-0.1, -0.05) is 52.7 Å². The van der Waals surface area contributed by atoms with Gasteiger partial charge in [-0.3, -0.25) is 0 Å². The third-order valence-corrected chi connectivity index (χ3v) is 3.18. The summed E-state index contributed by atoms with van der Waals surface area (Å²) in [5, 5.41) is 0. The van der Waals surface area contributed by atoms with Gasteiger partial charge >= 0.3 is 0 Å². The highest BCUT2D eigenvalue weighted by atomic mass is 79.9. The number of alkyl halides is 1. The Morgan fingerprint density at radius 1 is 1.21 bits per heavy atom. The fourth-order valence-corrected chi connectivity index (χ4v) is 2.01. The van der Waals surface area contributed by atoms with E-state index in [9.17, 15) is 0 Å². The van der Waals surface area contributed by atoms with Gasteiger partial charge < -0.3 is 0 Å². The van der Waals surface area contributed by atoms with E-state index < -0.39 is 0 Å². The van der Waals surface area contributed by atoms with Gasteiger partial charge in [-0.2, -0.15) is 0 Å². The van der Waals surface area contributed by atoms with Crippen LogP contribution in [0.15, 0.2) is 30.3 Å². The highest BCUT2D eigenvalue weighted by molar-refractivity contribution is 9.09. The van der Waals surface area contributed by atoms with Crippen molar-refractivity contribution in [2.24, 2.45) is 0 Å². The molecule has 0 amide bonds. The van der Waals surface area contributed by atoms with Crippen LogP contribution >= 0.6 is 15.9 Å². The van der Waals surface area contributed by atoms with Crippen molar-refractivity contribution in [1.82, 2.24) is 0 Å². The van der Waals surface area contributed by atoms with Gasteiger partial charge in [0, 0.05) is 11.2 Å². The van der Waals surface area contributed by atoms with Crippen molar-refractivity contribution in [3.8, 4) is 12.3 Å². The normalized spacial score (nSPS) is 12.0. The number of hydrogen-bond donors (Lipinski definition) is 0. The smallest absolute Gasteiger partial charge is 0.0395 e. The van der Waals surface area contributed by atoms with Gasteiger partial charge in [-0.05, 0) is 18.4 Å². The lowest BCUT2D eigenvalue weighted by Gasteiger charge is -2.08. The van der Waals surface area contributed by atoms with Crippen molar-refractivity contribution in [1.29, 1.82) is 0 Å². The molecule has 0 aliphatic heterocycles. The second kappa shape index (κ2) is 6.68. The SMILES string of the molecule is C#CCCCCC(Br)c1ccccc1. The van der Waals surface area contributed by atoms with Gasteiger partial charge in [-0.15, -0.1) is 12.3 Å². The summed E-state index contributed by atoms with van der Waals surface area (Å²) in [5.41, 5.74) is 1.35. The summed E-state index contributed by atoms with van der Waals surface area (Å²) >= 11 is 3.69. The first-order valence-electron chi connectivity index (χ1n) is 4.97. The molecule has 74 valence electrons. The van der Waals surface area contributed by atoms with Crippen LogP contribution in [0.5, 0.6) is 0 Å². The van der Waals surface area contributed by atoms with Crippen LogP contribution < -0.4 is 0 Å². The Hall–Kier alpha value is -0.740. The summed E-state index contributed by atoms with van der Waals surface area (Å²) in [4.78, 5) is 0.474. The number of hydrogen-bond acceptors (Lipinski definition) is 0. The fraction of sp³-hybridized carbons (Fsp3) is 0.385. The van der Waals surface area contributed by atoms with E-state index in [4.69, 9.17) is 6.42 Å². The molecular formula is C13H15Br. The molecule has 0 saturated heterocycles. The quantitative estimate of drug-likeness (QED) is 0.415. The molecule has 1 aromatic carbocycles. The summed E-state index contributed by atoms with van der Waals surface area (Å²) in [6, 6.07) is 10.5. The molecule has 0 radical (unpaired) electrons. The molecule has 0 N–H and O–H groups in total. The summed E-state index contributed by atoms with van der Waals surface area (Å²) < 4.78 is 0. The Balaban J connectivity index is 2.29. The monoisotopic (exact) mass is 250 g/mol. The van der Waals surface area contributed by atoms with Crippen LogP contribution in [0, 0.1) is 12.3 Å². The average Bonchev–Trinajstić information content (AvgIpc) is 2.25. The predicted molar refractivity (Wildman–Crippen MR) is 65.4 cm³/mol. The second-order valence-corrected chi connectivity index (χ2v) is 4.43. The van der Waals surface area contributed by atoms with Crippen molar-refractivity contribution in [2.75, 3.05) is 0 Å². The summed E-state index contributed by atoms with van der Waals surface area (Å²) in [6.45, 7) is 0. The molecule has 0 nitrogen and oxygen atoms in total. The van der Waals surface area contributed by atoms with Crippen LogP contribution in [-0.4, -0.2) is 0 Å². The number of rotatable bonds is 5. The molecule has 1 atom stereocenters. The maximum atomic E-state index is 5.19. The van der Waals surface area contributed by atoms with Crippen molar-refractivity contribution < 1.29 is 0 Å². The molecular weight excluding hydrogens is 236 g/mol. The first-order valence-corrected chi connectivity index (χ1v) is 5.88. The summed E-state index contributed by atoms with van der Waals surface area (Å²) in [6.07, 6.45) is 9.57. The minimum Gasteiger partial charge on any atom is -0.120 e. The first kappa shape index (κ1) is 11.3. The van der Waals surface area contributed by atoms with Gasteiger partial charge in [0.15, 0.2) is 0 Å². The molecule has 0 aromatic heterocycles. The largest absolute Gasteiger partial charge is 0.120 e. The van der Waals surface area contributed by atoms with Crippen molar-refractivity contribution in [3.63, 3.8) is 0 Å². The molecule has 0 aliphatic carbocycles. The molecule has 0 fully saturated rings. The van der Waals surface area contributed by atoms with Crippen LogP contribution in [-0.2, 0) is 0 Å². The van der Waals surface area contributed by atoms with E-state index in [1.807, 2.05) is 6.07 Å². The summed E-state index contributed by atoms with van der Waals surface area (Å²) in [7, 11) is 0. The van der Waals surface area contributed by atoms with Gasteiger partial charge in [-0.25, -0.2) is 0 Å². The van der Waals surface area contributed by atoms with Crippen LogP contribution in [0.2, 0.25) is 0 Å². The Morgan fingerprint density at radius 2 is 1.93 bits per heavy atom. The maximum Gasteiger partial charge on any atom is 0.0395 e.